The molecule has 0 saturated carbocycles. The van der Waals surface area contributed by atoms with Gasteiger partial charge in [-0.05, 0) is 22.6 Å². The van der Waals surface area contributed by atoms with Crippen molar-refractivity contribution < 1.29 is 13.5 Å². The van der Waals surface area contributed by atoms with E-state index in [1.807, 2.05) is 0 Å². The van der Waals surface area contributed by atoms with E-state index >= 15 is 0 Å². The number of tetrazole rings is 1. The van der Waals surface area contributed by atoms with Gasteiger partial charge in [0.1, 0.15) is 5.69 Å². The van der Waals surface area contributed by atoms with Crippen molar-refractivity contribution in [3.63, 3.8) is 0 Å². The molecule has 0 aliphatic heterocycles. The Bertz CT molecular complexity index is 502. The van der Waals surface area contributed by atoms with E-state index in [9.17, 15) is 8.78 Å². The van der Waals surface area contributed by atoms with Crippen molar-refractivity contribution in [1.29, 1.82) is 0 Å². The van der Waals surface area contributed by atoms with E-state index in [0.717, 1.165) is 0 Å². The number of nitrogens with two attached hydrogens (primary N) is 1. The lowest BCUT2D eigenvalue weighted by Crippen LogP contribution is -2.11. The topological polar surface area (TPSA) is 78.9 Å². The van der Waals surface area contributed by atoms with Gasteiger partial charge >= 0.3 is 6.61 Å². The number of nitrogens with zero attached hydrogens (tertiary/aromatic N) is 4. The zero-order chi connectivity index (χ0) is 12.3. The smallest absolute Gasteiger partial charge is 0.387 e. The molecule has 0 radical (unpaired) electrons. The second kappa shape index (κ2) is 4.83. The van der Waals surface area contributed by atoms with Gasteiger partial charge in [-0.15, -0.1) is 5.10 Å². The number of benzene rings is 1. The third-order valence-corrected chi connectivity index (χ3v) is 2.03. The fraction of sp³-hybridized carbons (Fsp3) is 0.222. The molecule has 0 saturated heterocycles. The molecular weight excluding hydrogens is 232 g/mol. The summed E-state index contributed by atoms with van der Waals surface area (Å²) in [6.07, 6.45) is 0. The minimum atomic E-state index is -2.91. The van der Waals surface area contributed by atoms with Crippen LogP contribution in [0.2, 0.25) is 0 Å². The molecule has 0 amide bonds. The van der Waals surface area contributed by atoms with Crippen LogP contribution in [0.15, 0.2) is 24.3 Å². The Morgan fingerprint density at radius 2 is 2.12 bits per heavy atom. The molecule has 0 aliphatic rings. The average Bonchev–Trinajstić information content (AvgIpc) is 2.77. The number of hydrogen-bond acceptors (Lipinski definition) is 5. The van der Waals surface area contributed by atoms with Gasteiger partial charge in [0.2, 0.25) is 0 Å². The summed E-state index contributed by atoms with van der Waals surface area (Å²) in [4.78, 5) is 0. The van der Waals surface area contributed by atoms with Crippen LogP contribution in [0.25, 0.3) is 5.69 Å². The van der Waals surface area contributed by atoms with E-state index in [-0.39, 0.29) is 12.3 Å². The molecule has 6 nitrogen and oxygen atoms in total. The standard InChI is InChI=1S/C9H9F2N5O/c10-9(11)17-7-4-2-1-3-6(7)16-8(5-12)13-14-15-16/h1-4,9H,5,12H2. The highest BCUT2D eigenvalue weighted by molar-refractivity contribution is 5.46. The quantitative estimate of drug-likeness (QED) is 0.853. The van der Waals surface area contributed by atoms with Crippen LogP contribution in [-0.2, 0) is 6.54 Å². The molecule has 0 unspecified atom stereocenters. The van der Waals surface area contributed by atoms with E-state index in [1.165, 1.54) is 10.7 Å². The molecule has 0 aliphatic carbocycles. The number of para-hydroxylation sites is 2. The normalized spacial score (nSPS) is 10.8. The second-order valence-electron chi connectivity index (χ2n) is 3.06. The summed E-state index contributed by atoms with van der Waals surface area (Å²) < 4.78 is 30.1. The second-order valence-corrected chi connectivity index (χ2v) is 3.06. The number of rotatable bonds is 4. The number of alkyl halides is 2. The molecule has 2 N–H and O–H groups in total. The van der Waals surface area contributed by atoms with Crippen molar-refractivity contribution in [2.45, 2.75) is 13.2 Å². The van der Waals surface area contributed by atoms with Crippen LogP contribution in [0, 0.1) is 0 Å². The summed E-state index contributed by atoms with van der Waals surface area (Å²) >= 11 is 0. The Balaban J connectivity index is 2.44. The largest absolute Gasteiger partial charge is 0.433 e. The van der Waals surface area contributed by atoms with E-state index in [0.29, 0.717) is 11.5 Å². The fourth-order valence-electron chi connectivity index (χ4n) is 1.35. The van der Waals surface area contributed by atoms with Crippen LogP contribution >= 0.6 is 0 Å². The highest BCUT2D eigenvalue weighted by Gasteiger charge is 2.14. The first-order valence-corrected chi connectivity index (χ1v) is 4.74. The third kappa shape index (κ3) is 2.36. The van der Waals surface area contributed by atoms with Gasteiger partial charge in [0.15, 0.2) is 11.6 Å². The van der Waals surface area contributed by atoms with Gasteiger partial charge in [0.25, 0.3) is 0 Å². The Hall–Kier alpha value is -2.09. The molecular formula is C9H9F2N5O. The maximum atomic E-state index is 12.2. The maximum absolute atomic E-state index is 12.2. The van der Waals surface area contributed by atoms with Crippen molar-refractivity contribution in [1.82, 2.24) is 20.2 Å². The molecule has 0 fully saturated rings. The van der Waals surface area contributed by atoms with Gasteiger partial charge < -0.3 is 10.5 Å². The molecule has 1 heterocycles. The summed E-state index contributed by atoms with van der Waals surface area (Å²) in [6.45, 7) is -2.82. The van der Waals surface area contributed by atoms with E-state index in [2.05, 4.69) is 20.3 Å². The zero-order valence-corrected chi connectivity index (χ0v) is 8.62. The fourth-order valence-corrected chi connectivity index (χ4v) is 1.35. The molecule has 2 aromatic rings. The van der Waals surface area contributed by atoms with Gasteiger partial charge in [-0.2, -0.15) is 13.5 Å². The Labute approximate surface area is 95.0 Å². The lowest BCUT2D eigenvalue weighted by molar-refractivity contribution is -0.0499. The van der Waals surface area contributed by atoms with Gasteiger partial charge in [-0.1, -0.05) is 12.1 Å². The van der Waals surface area contributed by atoms with E-state index < -0.39 is 6.61 Å². The van der Waals surface area contributed by atoms with Gasteiger partial charge in [-0.3, -0.25) is 0 Å². The monoisotopic (exact) mass is 241 g/mol. The molecule has 0 atom stereocenters. The van der Waals surface area contributed by atoms with E-state index in [1.54, 1.807) is 18.2 Å². The van der Waals surface area contributed by atoms with Crippen LogP contribution in [-0.4, -0.2) is 26.8 Å². The maximum Gasteiger partial charge on any atom is 0.387 e. The summed E-state index contributed by atoms with van der Waals surface area (Å²) in [7, 11) is 0. The molecule has 0 bridgehead atoms. The van der Waals surface area contributed by atoms with Crippen molar-refractivity contribution in [2.75, 3.05) is 0 Å². The Morgan fingerprint density at radius 3 is 2.82 bits per heavy atom. The summed E-state index contributed by atoms with van der Waals surface area (Å²) in [5.74, 6) is 0.347. The van der Waals surface area contributed by atoms with Crippen LogP contribution in [0.3, 0.4) is 0 Å². The highest BCUT2D eigenvalue weighted by atomic mass is 19.3. The van der Waals surface area contributed by atoms with Gasteiger partial charge in [-0.25, -0.2) is 0 Å². The van der Waals surface area contributed by atoms with Crippen molar-refractivity contribution in [2.24, 2.45) is 5.73 Å². The predicted molar refractivity (Wildman–Crippen MR) is 53.7 cm³/mol. The number of halogens is 2. The zero-order valence-electron chi connectivity index (χ0n) is 8.62. The molecule has 0 spiro atoms. The molecule has 1 aromatic carbocycles. The minimum Gasteiger partial charge on any atom is -0.433 e. The first kappa shape index (κ1) is 11.4. The first-order chi connectivity index (χ1) is 8.22. The van der Waals surface area contributed by atoms with Crippen molar-refractivity contribution in [3.8, 4) is 11.4 Å². The predicted octanol–water partition coefficient (Wildman–Crippen LogP) is 0.722. The number of ether oxygens (including phenoxy) is 1. The molecule has 1 aromatic heterocycles. The molecule has 17 heavy (non-hydrogen) atoms. The van der Waals surface area contributed by atoms with Gasteiger partial charge in [0.05, 0.1) is 6.54 Å². The lowest BCUT2D eigenvalue weighted by Gasteiger charge is -2.10. The minimum absolute atomic E-state index is 0.00972. The highest BCUT2D eigenvalue weighted by Crippen LogP contribution is 2.23. The summed E-state index contributed by atoms with van der Waals surface area (Å²) in [5.41, 5.74) is 5.75. The van der Waals surface area contributed by atoms with Crippen molar-refractivity contribution in [3.05, 3.63) is 30.1 Å². The molecule has 2 rings (SSSR count). The van der Waals surface area contributed by atoms with Crippen LogP contribution in [0.4, 0.5) is 8.78 Å². The Morgan fingerprint density at radius 1 is 1.35 bits per heavy atom. The van der Waals surface area contributed by atoms with Crippen molar-refractivity contribution >= 4 is 0 Å². The Kier molecular flexibility index (Phi) is 3.24. The summed E-state index contributed by atoms with van der Waals surface area (Å²) in [6, 6.07) is 6.21. The van der Waals surface area contributed by atoms with E-state index in [4.69, 9.17) is 5.73 Å². The SMILES string of the molecule is NCc1nnnn1-c1ccccc1OC(F)F. The lowest BCUT2D eigenvalue weighted by atomic mass is 10.3. The van der Waals surface area contributed by atoms with Crippen LogP contribution in [0.1, 0.15) is 5.82 Å². The average molecular weight is 241 g/mol. The van der Waals surface area contributed by atoms with Crippen LogP contribution in [0.5, 0.6) is 5.75 Å². The number of hydrogen-bond donors (Lipinski definition) is 1. The third-order valence-electron chi connectivity index (χ3n) is 2.03. The van der Waals surface area contributed by atoms with Gasteiger partial charge in [0, 0.05) is 0 Å². The molecule has 8 heteroatoms. The van der Waals surface area contributed by atoms with Crippen LogP contribution < -0.4 is 10.5 Å². The number of aromatic nitrogens is 4. The summed E-state index contributed by atoms with van der Waals surface area (Å²) in [5, 5.41) is 10.8. The first-order valence-electron chi connectivity index (χ1n) is 4.74. The molecule has 90 valence electrons.